The third kappa shape index (κ3) is 4.07. The molecule has 29 heavy (non-hydrogen) atoms. The maximum Gasteiger partial charge on any atom is 0.258 e. The zero-order valence-corrected chi connectivity index (χ0v) is 16.9. The van der Waals surface area contributed by atoms with E-state index in [2.05, 4.69) is 5.32 Å². The van der Waals surface area contributed by atoms with E-state index in [1.54, 1.807) is 6.07 Å². The van der Waals surface area contributed by atoms with E-state index < -0.39 is 6.10 Å². The molecular weight excluding hydrogens is 368 g/mol. The van der Waals surface area contributed by atoms with E-state index in [4.69, 9.17) is 9.47 Å². The topological polar surface area (TPSA) is 72.7 Å². The van der Waals surface area contributed by atoms with Gasteiger partial charge in [0.05, 0.1) is 6.10 Å². The lowest BCUT2D eigenvalue weighted by molar-refractivity contribution is -0.123. The summed E-state index contributed by atoms with van der Waals surface area (Å²) in [6, 6.07) is 13.5. The Morgan fingerprint density at radius 1 is 1.31 bits per heavy atom. The number of aliphatic hydroxyl groups excluding tert-OH is 1. The summed E-state index contributed by atoms with van der Waals surface area (Å²) in [6.45, 7) is 4.04. The fourth-order valence-electron chi connectivity index (χ4n) is 3.73. The Balaban J connectivity index is 1.32. The molecule has 2 aromatic carbocycles. The second-order valence-electron chi connectivity index (χ2n) is 8.14. The number of para-hydroxylation sites is 1. The van der Waals surface area contributed by atoms with E-state index in [1.165, 1.54) is 0 Å². The van der Waals surface area contributed by atoms with Gasteiger partial charge in [-0.3, -0.25) is 4.79 Å². The Morgan fingerprint density at radius 2 is 2.14 bits per heavy atom. The summed E-state index contributed by atoms with van der Waals surface area (Å²) >= 11 is 0. The van der Waals surface area contributed by atoms with E-state index in [1.807, 2.05) is 68.1 Å². The van der Waals surface area contributed by atoms with E-state index in [0.717, 1.165) is 28.5 Å². The molecule has 1 amide bonds. The third-order valence-electron chi connectivity index (χ3n) is 5.20. The fourth-order valence-corrected chi connectivity index (χ4v) is 3.73. The summed E-state index contributed by atoms with van der Waals surface area (Å²) in [7, 11) is 1.98. The zero-order chi connectivity index (χ0) is 20.6. The Hall–Kier alpha value is -2.99. The molecule has 0 unspecified atom stereocenters. The second kappa shape index (κ2) is 7.44. The lowest BCUT2D eigenvalue weighted by atomic mass is 10.0. The number of benzene rings is 2. The molecule has 1 aliphatic heterocycles. The average Bonchev–Trinajstić information content (AvgIpc) is 3.22. The maximum absolute atomic E-state index is 12.2. The predicted octanol–water partition coefficient (Wildman–Crippen LogP) is 3.12. The Morgan fingerprint density at radius 3 is 2.97 bits per heavy atom. The van der Waals surface area contributed by atoms with Gasteiger partial charge in [-0.05, 0) is 49.1 Å². The van der Waals surface area contributed by atoms with Crippen LogP contribution in [0.5, 0.6) is 11.5 Å². The number of carbonyl (C=O) groups is 1. The summed E-state index contributed by atoms with van der Waals surface area (Å²) < 4.78 is 13.7. The van der Waals surface area contributed by atoms with Gasteiger partial charge in [-0.1, -0.05) is 18.2 Å². The molecule has 0 spiro atoms. The minimum absolute atomic E-state index is 0.122. The Kier molecular flexibility index (Phi) is 4.96. The first-order chi connectivity index (χ1) is 13.8. The van der Waals surface area contributed by atoms with Gasteiger partial charge in [0.15, 0.2) is 18.1 Å². The molecule has 2 heterocycles. The molecule has 152 valence electrons. The smallest absolute Gasteiger partial charge is 0.258 e. The van der Waals surface area contributed by atoms with Crippen molar-refractivity contribution in [3.8, 4) is 11.5 Å². The molecule has 0 saturated heterocycles. The summed E-state index contributed by atoms with van der Waals surface area (Å²) in [5, 5.41) is 14.2. The van der Waals surface area contributed by atoms with E-state index in [0.29, 0.717) is 11.5 Å². The van der Waals surface area contributed by atoms with Crippen molar-refractivity contribution >= 4 is 16.8 Å². The van der Waals surface area contributed by atoms with Gasteiger partial charge in [0.25, 0.3) is 5.91 Å². The minimum atomic E-state index is -0.784. The summed E-state index contributed by atoms with van der Waals surface area (Å²) in [5.74, 6) is 0.986. The molecule has 1 aromatic heterocycles. The van der Waals surface area contributed by atoms with Gasteiger partial charge in [-0.25, -0.2) is 0 Å². The number of hydrogen-bond donors (Lipinski definition) is 2. The first-order valence-corrected chi connectivity index (χ1v) is 9.76. The molecule has 1 atom stereocenters. The molecule has 0 saturated carbocycles. The SMILES string of the molecule is Cn1ccc2cc([C@H](O)CNC(=O)COc3cccc4c3OC(C)(C)C4)ccc21. The molecule has 1 aliphatic rings. The second-order valence-corrected chi connectivity index (χ2v) is 8.14. The molecule has 2 N–H and O–H groups in total. The number of nitrogens with zero attached hydrogens (tertiary/aromatic N) is 1. The van der Waals surface area contributed by atoms with Gasteiger partial charge < -0.3 is 24.5 Å². The van der Waals surface area contributed by atoms with Crippen LogP contribution in [0.25, 0.3) is 10.9 Å². The van der Waals surface area contributed by atoms with Crippen molar-refractivity contribution in [2.24, 2.45) is 7.05 Å². The van der Waals surface area contributed by atoms with Crippen LogP contribution in [0.3, 0.4) is 0 Å². The van der Waals surface area contributed by atoms with E-state index in [-0.39, 0.29) is 24.7 Å². The number of ether oxygens (including phenoxy) is 2. The largest absolute Gasteiger partial charge is 0.483 e. The molecule has 6 heteroatoms. The monoisotopic (exact) mass is 394 g/mol. The summed E-state index contributed by atoms with van der Waals surface area (Å²) in [6.07, 6.45) is 2.00. The van der Waals surface area contributed by atoms with E-state index >= 15 is 0 Å². The van der Waals surface area contributed by atoms with Gasteiger partial charge in [-0.15, -0.1) is 0 Å². The van der Waals surface area contributed by atoms with Gasteiger partial charge in [0.2, 0.25) is 0 Å². The van der Waals surface area contributed by atoms with Gasteiger partial charge in [-0.2, -0.15) is 0 Å². The number of nitrogens with one attached hydrogen (secondary N) is 1. The standard InChI is InChI=1S/C23H26N2O4/c1-23(2)12-17-5-4-6-20(22(17)29-23)28-14-21(27)24-13-19(26)16-7-8-18-15(11-16)9-10-25(18)3/h4-11,19,26H,12-14H2,1-3H3,(H,24,27)/t19-/m1/s1. The zero-order valence-electron chi connectivity index (χ0n) is 16.9. The van der Waals surface area contributed by atoms with Crippen molar-refractivity contribution in [3.63, 3.8) is 0 Å². The van der Waals surface area contributed by atoms with Crippen molar-refractivity contribution in [1.82, 2.24) is 9.88 Å². The number of aryl methyl sites for hydroxylation is 1. The molecule has 0 bridgehead atoms. The van der Waals surface area contributed by atoms with Crippen LogP contribution in [0, 0.1) is 0 Å². The highest BCUT2D eigenvalue weighted by molar-refractivity contribution is 5.81. The lowest BCUT2D eigenvalue weighted by Gasteiger charge is -2.18. The Labute approximate surface area is 170 Å². The highest BCUT2D eigenvalue weighted by Gasteiger charge is 2.32. The van der Waals surface area contributed by atoms with Crippen molar-refractivity contribution in [2.75, 3.05) is 13.2 Å². The first kappa shape index (κ1) is 19.3. The maximum atomic E-state index is 12.2. The van der Waals surface area contributed by atoms with Crippen molar-refractivity contribution in [2.45, 2.75) is 32.0 Å². The van der Waals surface area contributed by atoms with Crippen LogP contribution in [0.1, 0.15) is 31.1 Å². The van der Waals surface area contributed by atoms with Crippen LogP contribution in [-0.4, -0.2) is 34.3 Å². The molecule has 0 aliphatic carbocycles. The van der Waals surface area contributed by atoms with Crippen LogP contribution in [0.4, 0.5) is 0 Å². The van der Waals surface area contributed by atoms with Gasteiger partial charge in [0.1, 0.15) is 5.60 Å². The molecule has 0 radical (unpaired) electrons. The van der Waals surface area contributed by atoms with Crippen molar-refractivity contribution < 1.29 is 19.4 Å². The molecule has 4 rings (SSSR count). The number of aliphatic hydroxyl groups is 1. The first-order valence-electron chi connectivity index (χ1n) is 9.76. The highest BCUT2D eigenvalue weighted by atomic mass is 16.5. The number of aromatic nitrogens is 1. The molecular formula is C23H26N2O4. The number of rotatable bonds is 6. The molecule has 0 fully saturated rings. The van der Waals surface area contributed by atoms with Gasteiger partial charge in [0, 0.05) is 37.3 Å². The lowest BCUT2D eigenvalue weighted by Crippen LogP contribution is -2.32. The van der Waals surface area contributed by atoms with Crippen LogP contribution in [0.2, 0.25) is 0 Å². The van der Waals surface area contributed by atoms with Crippen LogP contribution >= 0.6 is 0 Å². The third-order valence-corrected chi connectivity index (χ3v) is 5.20. The Bertz CT molecular complexity index is 1050. The molecule has 6 nitrogen and oxygen atoms in total. The van der Waals surface area contributed by atoms with Crippen molar-refractivity contribution in [3.05, 3.63) is 59.8 Å². The highest BCUT2D eigenvalue weighted by Crippen LogP contribution is 2.41. The molecule has 3 aromatic rings. The average molecular weight is 394 g/mol. The number of fused-ring (bicyclic) bond motifs is 2. The van der Waals surface area contributed by atoms with Crippen LogP contribution in [0.15, 0.2) is 48.7 Å². The number of hydrogen-bond acceptors (Lipinski definition) is 4. The predicted molar refractivity (Wildman–Crippen MR) is 111 cm³/mol. The van der Waals surface area contributed by atoms with Crippen LogP contribution in [-0.2, 0) is 18.3 Å². The quantitative estimate of drug-likeness (QED) is 0.674. The van der Waals surface area contributed by atoms with Crippen LogP contribution < -0.4 is 14.8 Å². The number of amides is 1. The van der Waals surface area contributed by atoms with E-state index in [9.17, 15) is 9.90 Å². The normalized spacial score (nSPS) is 15.6. The fraction of sp³-hybridized carbons (Fsp3) is 0.348. The summed E-state index contributed by atoms with van der Waals surface area (Å²) in [5.41, 5.74) is 2.67. The summed E-state index contributed by atoms with van der Waals surface area (Å²) in [4.78, 5) is 12.2. The van der Waals surface area contributed by atoms with Crippen molar-refractivity contribution in [1.29, 1.82) is 0 Å². The number of carbonyl (C=O) groups excluding carboxylic acids is 1. The minimum Gasteiger partial charge on any atom is -0.483 e. The van der Waals surface area contributed by atoms with Gasteiger partial charge >= 0.3 is 0 Å².